The molecule has 0 unspecified atom stereocenters. The molecule has 1 N–H and O–H groups in total. The van der Waals surface area contributed by atoms with Gasteiger partial charge in [-0.25, -0.2) is 8.78 Å². The maximum atomic E-state index is 13.0. The van der Waals surface area contributed by atoms with E-state index in [9.17, 15) is 8.78 Å². The zero-order valence-corrected chi connectivity index (χ0v) is 10.1. The van der Waals surface area contributed by atoms with Gasteiger partial charge in [-0.05, 0) is 30.7 Å². The molecule has 1 aromatic heterocycles. The highest BCUT2D eigenvalue weighted by Crippen LogP contribution is 2.08. The van der Waals surface area contributed by atoms with E-state index in [4.69, 9.17) is 0 Å². The number of nitrogens with one attached hydrogen (secondary N) is 1. The van der Waals surface area contributed by atoms with Gasteiger partial charge < -0.3 is 5.32 Å². The SMILES string of the molecule is C[C@@H](Cn1cccn1)NCc1ccc(F)c(F)c1. The van der Waals surface area contributed by atoms with Crippen LogP contribution in [0.5, 0.6) is 0 Å². The summed E-state index contributed by atoms with van der Waals surface area (Å²) in [6.07, 6.45) is 3.61. The summed E-state index contributed by atoms with van der Waals surface area (Å²) in [5.41, 5.74) is 0.723. The molecular formula is C13H15F2N3. The lowest BCUT2D eigenvalue weighted by atomic mass is 10.2. The second kappa shape index (κ2) is 5.73. The van der Waals surface area contributed by atoms with E-state index in [0.717, 1.165) is 18.2 Å². The Hall–Kier alpha value is -1.75. The molecule has 1 heterocycles. The molecule has 0 amide bonds. The Morgan fingerprint density at radius 1 is 1.33 bits per heavy atom. The molecule has 3 nitrogen and oxygen atoms in total. The Bertz CT molecular complexity index is 497. The Kier molecular flexibility index (Phi) is 4.04. The summed E-state index contributed by atoms with van der Waals surface area (Å²) in [5, 5.41) is 7.34. The van der Waals surface area contributed by atoms with E-state index in [-0.39, 0.29) is 6.04 Å². The van der Waals surface area contributed by atoms with E-state index in [1.165, 1.54) is 6.07 Å². The number of halogens is 2. The summed E-state index contributed by atoms with van der Waals surface area (Å²) in [4.78, 5) is 0. The molecule has 0 aliphatic carbocycles. The van der Waals surface area contributed by atoms with E-state index in [1.807, 2.05) is 23.9 Å². The molecule has 18 heavy (non-hydrogen) atoms. The highest BCUT2D eigenvalue weighted by molar-refractivity contribution is 5.17. The molecule has 1 aromatic carbocycles. The topological polar surface area (TPSA) is 29.9 Å². The number of benzene rings is 1. The van der Waals surface area contributed by atoms with Crippen LogP contribution in [0.1, 0.15) is 12.5 Å². The van der Waals surface area contributed by atoms with Crippen molar-refractivity contribution < 1.29 is 8.78 Å². The Balaban J connectivity index is 1.85. The van der Waals surface area contributed by atoms with Crippen LogP contribution in [0.3, 0.4) is 0 Å². The van der Waals surface area contributed by atoms with Crippen molar-refractivity contribution in [2.45, 2.75) is 26.1 Å². The first-order valence-electron chi connectivity index (χ1n) is 5.80. The van der Waals surface area contributed by atoms with Gasteiger partial charge in [0.15, 0.2) is 11.6 Å². The van der Waals surface area contributed by atoms with Crippen molar-refractivity contribution in [3.8, 4) is 0 Å². The summed E-state index contributed by atoms with van der Waals surface area (Å²) in [7, 11) is 0. The maximum Gasteiger partial charge on any atom is 0.159 e. The van der Waals surface area contributed by atoms with Gasteiger partial charge in [0.05, 0.1) is 6.54 Å². The lowest BCUT2D eigenvalue weighted by molar-refractivity contribution is 0.449. The van der Waals surface area contributed by atoms with Gasteiger partial charge in [0, 0.05) is 25.0 Å². The molecule has 2 aromatic rings. The molecule has 0 radical (unpaired) electrons. The fraction of sp³-hybridized carbons (Fsp3) is 0.308. The number of hydrogen-bond donors (Lipinski definition) is 1. The van der Waals surface area contributed by atoms with Crippen LogP contribution in [0.25, 0.3) is 0 Å². The summed E-state index contributed by atoms with van der Waals surface area (Å²) in [5.74, 6) is -1.63. The molecule has 0 aliphatic rings. The number of nitrogens with zero attached hydrogens (tertiary/aromatic N) is 2. The highest BCUT2D eigenvalue weighted by Gasteiger charge is 2.05. The molecule has 96 valence electrons. The van der Waals surface area contributed by atoms with E-state index in [0.29, 0.717) is 6.54 Å². The predicted octanol–water partition coefficient (Wildman–Crippen LogP) is 2.34. The molecule has 0 bridgehead atoms. The van der Waals surface area contributed by atoms with Gasteiger partial charge in [-0.1, -0.05) is 6.07 Å². The Labute approximate surface area is 104 Å². The average molecular weight is 251 g/mol. The standard InChI is InChI=1S/C13H15F2N3/c1-10(9-18-6-2-5-17-18)16-8-11-3-4-12(14)13(15)7-11/h2-7,10,16H,8-9H2,1H3/t10-/m0/s1. The normalized spacial score (nSPS) is 12.6. The van der Waals surface area contributed by atoms with E-state index >= 15 is 0 Å². The van der Waals surface area contributed by atoms with Crippen LogP contribution in [0, 0.1) is 11.6 Å². The summed E-state index contributed by atoms with van der Waals surface area (Å²) >= 11 is 0. The van der Waals surface area contributed by atoms with Crippen LogP contribution in [-0.2, 0) is 13.1 Å². The summed E-state index contributed by atoms with van der Waals surface area (Å²) < 4.78 is 27.6. The first-order chi connectivity index (χ1) is 8.65. The predicted molar refractivity (Wildman–Crippen MR) is 64.9 cm³/mol. The van der Waals surface area contributed by atoms with Crippen LogP contribution in [-0.4, -0.2) is 15.8 Å². The third-order valence-corrected chi connectivity index (χ3v) is 2.66. The number of rotatable bonds is 5. The van der Waals surface area contributed by atoms with Crippen molar-refractivity contribution in [3.63, 3.8) is 0 Å². The zero-order chi connectivity index (χ0) is 13.0. The number of aromatic nitrogens is 2. The molecule has 2 rings (SSSR count). The second-order valence-electron chi connectivity index (χ2n) is 4.26. The van der Waals surface area contributed by atoms with E-state index < -0.39 is 11.6 Å². The smallest absolute Gasteiger partial charge is 0.159 e. The molecule has 0 saturated heterocycles. The first-order valence-corrected chi connectivity index (χ1v) is 5.80. The zero-order valence-electron chi connectivity index (χ0n) is 10.1. The minimum absolute atomic E-state index is 0.193. The minimum atomic E-state index is -0.816. The van der Waals surface area contributed by atoms with Crippen molar-refractivity contribution in [3.05, 3.63) is 53.9 Å². The van der Waals surface area contributed by atoms with Gasteiger partial charge in [-0.3, -0.25) is 4.68 Å². The fourth-order valence-electron chi connectivity index (χ4n) is 1.70. The maximum absolute atomic E-state index is 13.0. The van der Waals surface area contributed by atoms with Gasteiger partial charge >= 0.3 is 0 Å². The molecule has 0 aliphatic heterocycles. The van der Waals surface area contributed by atoms with Crippen molar-refractivity contribution >= 4 is 0 Å². The van der Waals surface area contributed by atoms with E-state index in [1.54, 1.807) is 12.3 Å². The molecule has 5 heteroatoms. The van der Waals surface area contributed by atoms with Crippen LogP contribution in [0.4, 0.5) is 8.78 Å². The van der Waals surface area contributed by atoms with Gasteiger partial charge in [-0.2, -0.15) is 5.10 Å². The molecule has 1 atom stereocenters. The molecule has 0 spiro atoms. The van der Waals surface area contributed by atoms with Crippen LogP contribution < -0.4 is 5.32 Å². The van der Waals surface area contributed by atoms with Crippen molar-refractivity contribution in [1.29, 1.82) is 0 Å². The fourth-order valence-corrected chi connectivity index (χ4v) is 1.70. The Morgan fingerprint density at radius 2 is 2.17 bits per heavy atom. The first kappa shape index (κ1) is 12.7. The van der Waals surface area contributed by atoms with Crippen LogP contribution >= 0.6 is 0 Å². The lowest BCUT2D eigenvalue weighted by Gasteiger charge is -2.14. The largest absolute Gasteiger partial charge is 0.308 e. The third-order valence-electron chi connectivity index (χ3n) is 2.66. The quantitative estimate of drug-likeness (QED) is 0.884. The van der Waals surface area contributed by atoms with Crippen molar-refractivity contribution in [2.24, 2.45) is 0 Å². The molecule has 0 saturated carbocycles. The van der Waals surface area contributed by atoms with Crippen LogP contribution in [0.15, 0.2) is 36.7 Å². The Morgan fingerprint density at radius 3 is 2.83 bits per heavy atom. The summed E-state index contributed by atoms with van der Waals surface area (Å²) in [6.45, 7) is 3.25. The lowest BCUT2D eigenvalue weighted by Crippen LogP contribution is -2.30. The second-order valence-corrected chi connectivity index (χ2v) is 4.26. The van der Waals surface area contributed by atoms with Gasteiger partial charge in [0.25, 0.3) is 0 Å². The van der Waals surface area contributed by atoms with Gasteiger partial charge in [0.2, 0.25) is 0 Å². The van der Waals surface area contributed by atoms with E-state index in [2.05, 4.69) is 10.4 Å². The minimum Gasteiger partial charge on any atom is -0.308 e. The van der Waals surface area contributed by atoms with Gasteiger partial charge in [-0.15, -0.1) is 0 Å². The third kappa shape index (κ3) is 3.37. The number of hydrogen-bond acceptors (Lipinski definition) is 2. The van der Waals surface area contributed by atoms with Gasteiger partial charge in [0.1, 0.15) is 0 Å². The molecular weight excluding hydrogens is 236 g/mol. The van der Waals surface area contributed by atoms with Crippen molar-refractivity contribution in [2.75, 3.05) is 0 Å². The monoisotopic (exact) mass is 251 g/mol. The highest BCUT2D eigenvalue weighted by atomic mass is 19.2. The summed E-state index contributed by atoms with van der Waals surface area (Å²) in [6, 6.07) is 5.99. The molecule has 0 fully saturated rings. The van der Waals surface area contributed by atoms with Crippen LogP contribution in [0.2, 0.25) is 0 Å². The average Bonchev–Trinajstić information content (AvgIpc) is 2.83. The van der Waals surface area contributed by atoms with Crippen molar-refractivity contribution in [1.82, 2.24) is 15.1 Å².